The zero-order valence-corrected chi connectivity index (χ0v) is 10.7. The van der Waals surface area contributed by atoms with E-state index in [9.17, 15) is 4.79 Å². The smallest absolute Gasteiger partial charge is 0.211 e. The van der Waals surface area contributed by atoms with Crippen LogP contribution in [0.3, 0.4) is 0 Å². The van der Waals surface area contributed by atoms with Gasteiger partial charge in [0.2, 0.25) is 5.78 Å². The molecule has 0 saturated heterocycles. The summed E-state index contributed by atoms with van der Waals surface area (Å²) in [5.74, 6) is 5.09. The number of nitrogens with two attached hydrogens (primary N) is 1. The molecule has 0 radical (unpaired) electrons. The Morgan fingerprint density at radius 1 is 1.42 bits per heavy atom. The van der Waals surface area contributed by atoms with Crippen LogP contribution in [0.1, 0.15) is 17.0 Å². The molecule has 0 aliphatic carbocycles. The molecule has 0 spiro atoms. The Morgan fingerprint density at radius 3 is 2.68 bits per heavy atom. The molecule has 1 aromatic heterocycles. The summed E-state index contributed by atoms with van der Waals surface area (Å²) in [4.78, 5) is 10.8. The van der Waals surface area contributed by atoms with Gasteiger partial charge in [0.15, 0.2) is 5.76 Å². The molecule has 2 rings (SSSR count). The van der Waals surface area contributed by atoms with E-state index >= 15 is 0 Å². The second-order valence-electron chi connectivity index (χ2n) is 3.39. The lowest BCUT2D eigenvalue weighted by Gasteiger charge is -1.96. The summed E-state index contributed by atoms with van der Waals surface area (Å²) in [6.07, 6.45) is 1.29. The Hall–Kier alpha value is -2.29. The minimum absolute atomic E-state index is 0.118. The fraction of sp³-hybridized carbons (Fsp3) is 0.0769. The zero-order valence-electron chi connectivity index (χ0n) is 9.97. The van der Waals surface area contributed by atoms with Crippen LogP contribution >= 0.6 is 11.6 Å². The predicted octanol–water partition coefficient (Wildman–Crippen LogP) is 3.00. The third-order valence-electron chi connectivity index (χ3n) is 2.03. The molecule has 1 aromatic carbocycles. The van der Waals surface area contributed by atoms with Gasteiger partial charge in [0, 0.05) is 10.7 Å². The highest BCUT2D eigenvalue weighted by Crippen LogP contribution is 2.12. The third-order valence-corrected chi connectivity index (χ3v) is 2.26. The van der Waals surface area contributed by atoms with Crippen LogP contribution in [-0.4, -0.2) is 5.78 Å². The van der Waals surface area contributed by atoms with Crippen molar-refractivity contribution in [2.75, 3.05) is 5.43 Å². The third kappa shape index (κ3) is 5.25. The van der Waals surface area contributed by atoms with Gasteiger partial charge in [-0.05, 0) is 30.3 Å². The minimum atomic E-state index is -0.271. The molecule has 2 aromatic rings. The quantitative estimate of drug-likeness (QED) is 0.511. The molecule has 0 bridgehead atoms. The summed E-state index contributed by atoms with van der Waals surface area (Å²) in [5, 5.41) is 8.81. The van der Waals surface area contributed by atoms with E-state index in [4.69, 9.17) is 27.1 Å². The first kappa shape index (κ1) is 14.8. The highest BCUT2D eigenvalue weighted by Gasteiger charge is 2.05. The van der Waals surface area contributed by atoms with Crippen LogP contribution in [0.15, 0.2) is 47.1 Å². The van der Waals surface area contributed by atoms with Crippen molar-refractivity contribution < 1.29 is 9.21 Å². The molecule has 0 atom stereocenters. The maximum absolute atomic E-state index is 10.8. The van der Waals surface area contributed by atoms with Crippen molar-refractivity contribution in [3.8, 4) is 6.07 Å². The summed E-state index contributed by atoms with van der Waals surface area (Å²) in [6.45, 7) is 0. The fourth-order valence-electron chi connectivity index (χ4n) is 1.17. The van der Waals surface area contributed by atoms with E-state index in [-0.39, 0.29) is 18.0 Å². The molecule has 98 valence electrons. The highest BCUT2D eigenvalue weighted by atomic mass is 35.5. The molecule has 6 heteroatoms. The summed E-state index contributed by atoms with van der Waals surface area (Å²) >= 11 is 5.63. The number of anilines is 1. The number of carbonyl (C=O) groups is 1. The van der Waals surface area contributed by atoms with Gasteiger partial charge in [-0.3, -0.25) is 10.6 Å². The Kier molecular flexibility index (Phi) is 6.16. The Morgan fingerprint density at radius 2 is 2.21 bits per heavy atom. The van der Waals surface area contributed by atoms with Gasteiger partial charge in [0.05, 0.1) is 12.3 Å². The molecular weight excluding hydrogens is 266 g/mol. The average molecular weight is 278 g/mol. The molecule has 0 aliphatic rings. The van der Waals surface area contributed by atoms with Crippen LogP contribution in [0.4, 0.5) is 5.69 Å². The SMILES string of the molecule is N#CCC(=O)c1ccco1.NNc1cccc(Cl)c1. The molecule has 0 unspecified atom stereocenters. The van der Waals surface area contributed by atoms with Crippen LogP contribution in [0.25, 0.3) is 0 Å². The lowest BCUT2D eigenvalue weighted by molar-refractivity contribution is 0.0971. The van der Waals surface area contributed by atoms with Crippen molar-refractivity contribution in [2.45, 2.75) is 6.42 Å². The number of nitrogen functional groups attached to an aromatic ring is 1. The number of benzene rings is 1. The first-order chi connectivity index (χ1) is 9.17. The largest absolute Gasteiger partial charge is 0.461 e. The molecule has 0 saturated carbocycles. The van der Waals surface area contributed by atoms with Crippen LogP contribution in [0.5, 0.6) is 0 Å². The van der Waals surface area contributed by atoms with Crippen LogP contribution in [0, 0.1) is 11.3 Å². The maximum atomic E-state index is 10.8. The first-order valence-electron chi connectivity index (χ1n) is 5.33. The zero-order chi connectivity index (χ0) is 14.1. The van der Waals surface area contributed by atoms with Gasteiger partial charge in [-0.2, -0.15) is 5.26 Å². The van der Waals surface area contributed by atoms with E-state index < -0.39 is 0 Å². The number of hydrogen-bond donors (Lipinski definition) is 2. The van der Waals surface area contributed by atoms with Crippen molar-refractivity contribution in [1.29, 1.82) is 5.26 Å². The number of furan rings is 1. The van der Waals surface area contributed by atoms with Crippen LogP contribution < -0.4 is 11.3 Å². The number of nitriles is 1. The summed E-state index contributed by atoms with van der Waals surface area (Å²) in [7, 11) is 0. The number of hydrazine groups is 1. The van der Waals surface area contributed by atoms with Gasteiger partial charge in [0.1, 0.15) is 6.42 Å². The number of carbonyl (C=O) groups excluding carboxylic acids is 1. The Bertz CT molecular complexity index is 562. The summed E-state index contributed by atoms with van der Waals surface area (Å²) in [5.41, 5.74) is 3.31. The average Bonchev–Trinajstić information content (AvgIpc) is 2.94. The topological polar surface area (TPSA) is 92.0 Å². The molecule has 0 fully saturated rings. The second-order valence-corrected chi connectivity index (χ2v) is 3.83. The monoisotopic (exact) mass is 277 g/mol. The van der Waals surface area contributed by atoms with Gasteiger partial charge in [-0.1, -0.05) is 17.7 Å². The molecule has 19 heavy (non-hydrogen) atoms. The van der Waals surface area contributed by atoms with E-state index in [1.54, 1.807) is 30.3 Å². The lowest BCUT2D eigenvalue weighted by Crippen LogP contribution is -2.05. The summed E-state index contributed by atoms with van der Waals surface area (Å²) < 4.78 is 4.75. The van der Waals surface area contributed by atoms with Crippen molar-refractivity contribution >= 4 is 23.1 Å². The fourth-order valence-corrected chi connectivity index (χ4v) is 1.36. The van der Waals surface area contributed by atoms with Crippen molar-refractivity contribution in [3.05, 3.63) is 53.4 Å². The number of rotatable bonds is 3. The van der Waals surface area contributed by atoms with Crippen LogP contribution in [0.2, 0.25) is 5.02 Å². The molecule has 1 heterocycles. The van der Waals surface area contributed by atoms with Gasteiger partial charge >= 0.3 is 0 Å². The van der Waals surface area contributed by atoms with E-state index in [1.807, 2.05) is 12.1 Å². The number of ketones is 1. The number of nitrogens with zero attached hydrogens (tertiary/aromatic N) is 1. The molecule has 0 aliphatic heterocycles. The molecular formula is C13H12ClN3O2. The van der Waals surface area contributed by atoms with E-state index in [0.717, 1.165) is 5.69 Å². The number of halogens is 1. The highest BCUT2D eigenvalue weighted by molar-refractivity contribution is 6.30. The van der Waals surface area contributed by atoms with Crippen molar-refractivity contribution in [2.24, 2.45) is 5.84 Å². The molecule has 0 amide bonds. The van der Waals surface area contributed by atoms with E-state index in [1.165, 1.54) is 6.26 Å². The first-order valence-corrected chi connectivity index (χ1v) is 5.71. The van der Waals surface area contributed by atoms with Gasteiger partial charge in [0.25, 0.3) is 0 Å². The normalized spacial score (nSPS) is 8.89. The van der Waals surface area contributed by atoms with E-state index in [2.05, 4.69) is 5.43 Å². The van der Waals surface area contributed by atoms with Crippen molar-refractivity contribution in [1.82, 2.24) is 0 Å². The van der Waals surface area contributed by atoms with Gasteiger partial charge < -0.3 is 9.84 Å². The Labute approximate surface area is 115 Å². The maximum Gasteiger partial charge on any atom is 0.211 e. The number of hydrogen-bond acceptors (Lipinski definition) is 5. The standard InChI is InChI=1S/C7H5NO2.C6H7ClN2/c8-4-3-6(9)7-2-1-5-10-7;7-5-2-1-3-6(4-5)9-8/h1-2,5H,3H2;1-4,9H,8H2. The molecule has 5 nitrogen and oxygen atoms in total. The summed E-state index contributed by atoms with van der Waals surface area (Å²) in [6, 6.07) is 12.1. The Balaban J connectivity index is 0.000000191. The van der Waals surface area contributed by atoms with Crippen LogP contribution in [-0.2, 0) is 0 Å². The van der Waals surface area contributed by atoms with E-state index in [0.29, 0.717) is 5.02 Å². The number of Topliss-reactive ketones (excluding diaryl/α,β-unsaturated/α-hetero) is 1. The van der Waals surface area contributed by atoms with Gasteiger partial charge in [-0.15, -0.1) is 0 Å². The number of nitrogens with one attached hydrogen (secondary N) is 1. The lowest BCUT2D eigenvalue weighted by atomic mass is 10.2. The molecule has 3 N–H and O–H groups in total. The minimum Gasteiger partial charge on any atom is -0.461 e. The second kappa shape index (κ2) is 7.93. The van der Waals surface area contributed by atoms with Gasteiger partial charge in [-0.25, -0.2) is 0 Å². The predicted molar refractivity (Wildman–Crippen MR) is 72.5 cm³/mol. The van der Waals surface area contributed by atoms with Crippen molar-refractivity contribution in [3.63, 3.8) is 0 Å².